The Morgan fingerprint density at radius 1 is 0.947 bits per heavy atom. The number of hydrogen-bond acceptors (Lipinski definition) is 6. The van der Waals surface area contributed by atoms with E-state index >= 15 is 0 Å². The molecule has 2 aliphatic rings. The number of imide groups is 1. The van der Waals surface area contributed by atoms with Crippen molar-refractivity contribution in [2.45, 2.75) is 24.9 Å². The summed E-state index contributed by atoms with van der Waals surface area (Å²) in [5, 5.41) is 14.6. The molecule has 6 rings (SSSR count). The third-order valence-electron chi connectivity index (χ3n) is 7.64. The van der Waals surface area contributed by atoms with Crippen LogP contribution in [0.4, 0.5) is 5.69 Å². The first-order valence-corrected chi connectivity index (χ1v) is 12.3. The Bertz CT molecular complexity index is 1560. The maximum absolute atomic E-state index is 14.0. The van der Waals surface area contributed by atoms with Gasteiger partial charge in [-0.1, -0.05) is 48.5 Å². The number of para-hydroxylation sites is 1. The molecule has 8 heteroatoms. The summed E-state index contributed by atoms with van der Waals surface area (Å²) in [6, 6.07) is 23.5. The molecule has 8 nitrogen and oxygen atoms in total. The molecule has 2 saturated heterocycles. The number of benzene rings is 3. The number of furan rings is 1. The number of carboxylic acid groups (broad SMARTS) is 1. The van der Waals surface area contributed by atoms with Crippen LogP contribution in [0.2, 0.25) is 0 Å². The molecular formula is C30H24N2O6. The molecule has 0 aliphatic carbocycles. The number of aliphatic carboxylic acids is 1. The molecule has 1 aromatic heterocycles. The predicted molar refractivity (Wildman–Crippen MR) is 139 cm³/mol. The summed E-state index contributed by atoms with van der Waals surface area (Å²) in [5.41, 5.74) is 0.304. The summed E-state index contributed by atoms with van der Waals surface area (Å²) in [5.74, 6) is -4.26. The number of fused-ring (bicyclic) bond motifs is 2. The second kappa shape index (κ2) is 8.78. The Kier molecular flexibility index (Phi) is 5.50. The summed E-state index contributed by atoms with van der Waals surface area (Å²) in [4.78, 5) is 53.7. The topological polar surface area (TPSA) is 117 Å². The Hall–Kier alpha value is -4.56. The lowest BCUT2D eigenvalue weighted by Gasteiger charge is -2.31. The summed E-state index contributed by atoms with van der Waals surface area (Å²) in [7, 11) is 0. The Balaban J connectivity index is 1.49. The van der Waals surface area contributed by atoms with E-state index in [1.807, 2.05) is 24.3 Å². The smallest absolute Gasteiger partial charge is 0.325 e. The average molecular weight is 509 g/mol. The molecule has 4 atom stereocenters. The molecule has 2 N–H and O–H groups in total. The Labute approximate surface area is 217 Å². The first kappa shape index (κ1) is 23.8. The number of nitrogens with one attached hydrogen (secondary N) is 1. The van der Waals surface area contributed by atoms with Gasteiger partial charge in [-0.15, -0.1) is 0 Å². The number of anilines is 1. The lowest BCUT2D eigenvalue weighted by molar-refractivity contribution is -0.148. The number of nitrogens with zero attached hydrogens (tertiary/aromatic N) is 1. The van der Waals surface area contributed by atoms with Crippen LogP contribution >= 0.6 is 0 Å². The molecule has 2 aliphatic heterocycles. The van der Waals surface area contributed by atoms with Gasteiger partial charge in [-0.05, 0) is 48.9 Å². The van der Waals surface area contributed by atoms with Gasteiger partial charge in [-0.3, -0.25) is 24.5 Å². The Morgan fingerprint density at radius 3 is 2.29 bits per heavy atom. The second-order valence-corrected chi connectivity index (χ2v) is 9.87. The number of Topliss-reactive ketones (excluding diaryl/α,β-unsaturated/α-hetero) is 1. The quantitative estimate of drug-likeness (QED) is 0.297. The first-order valence-electron chi connectivity index (χ1n) is 12.3. The van der Waals surface area contributed by atoms with Gasteiger partial charge in [0.1, 0.15) is 16.9 Å². The van der Waals surface area contributed by atoms with E-state index in [-0.39, 0.29) is 12.2 Å². The normalized spacial score (nSPS) is 24.7. The fourth-order valence-electron chi connectivity index (χ4n) is 5.85. The molecule has 0 saturated carbocycles. The lowest BCUT2D eigenvalue weighted by Crippen LogP contribution is -2.57. The standard InChI is InChI=1S/C30H24N2O6/c1-17(33)19-11-13-21(14-12-19)32-27(34)24-25(28(32)35)30(29(36)37,16-18-7-3-2-4-8-18)31-26(24)23-15-20-9-5-6-10-22(20)38-23/h2-15,24-26,31H,16H2,1H3,(H,36,37). The van der Waals surface area contributed by atoms with Gasteiger partial charge >= 0.3 is 5.97 Å². The van der Waals surface area contributed by atoms with E-state index in [4.69, 9.17) is 4.42 Å². The van der Waals surface area contributed by atoms with Crippen molar-refractivity contribution >= 4 is 40.2 Å². The van der Waals surface area contributed by atoms with Crippen molar-refractivity contribution in [3.63, 3.8) is 0 Å². The SMILES string of the molecule is CC(=O)c1ccc(N2C(=O)C3C(c4cc5ccccc5o4)NC(Cc4ccccc4)(C(=O)O)C3C2=O)cc1. The number of rotatable bonds is 6. The van der Waals surface area contributed by atoms with Gasteiger partial charge in [0.25, 0.3) is 0 Å². The fourth-order valence-corrected chi connectivity index (χ4v) is 5.85. The highest BCUT2D eigenvalue weighted by atomic mass is 16.4. The van der Waals surface area contributed by atoms with E-state index < -0.39 is 41.2 Å². The van der Waals surface area contributed by atoms with Crippen LogP contribution in [-0.2, 0) is 20.8 Å². The first-order chi connectivity index (χ1) is 18.3. The molecule has 3 aromatic carbocycles. The molecule has 2 amide bonds. The molecule has 4 unspecified atom stereocenters. The third kappa shape index (κ3) is 3.56. The zero-order chi connectivity index (χ0) is 26.6. The molecule has 0 radical (unpaired) electrons. The largest absolute Gasteiger partial charge is 0.480 e. The van der Waals surface area contributed by atoms with Crippen molar-refractivity contribution in [2.75, 3.05) is 4.90 Å². The molecule has 0 bridgehead atoms. The summed E-state index contributed by atoms with van der Waals surface area (Å²) < 4.78 is 6.08. The van der Waals surface area contributed by atoms with Crippen LogP contribution in [-0.4, -0.2) is 34.2 Å². The van der Waals surface area contributed by atoms with Crippen LogP contribution in [0.15, 0.2) is 89.3 Å². The highest BCUT2D eigenvalue weighted by Crippen LogP contribution is 2.51. The number of carbonyl (C=O) groups is 4. The molecular weight excluding hydrogens is 484 g/mol. The van der Waals surface area contributed by atoms with Crippen LogP contribution in [0.1, 0.15) is 34.6 Å². The van der Waals surface area contributed by atoms with Crippen LogP contribution in [0.25, 0.3) is 11.0 Å². The van der Waals surface area contributed by atoms with Gasteiger partial charge in [-0.2, -0.15) is 0 Å². The minimum Gasteiger partial charge on any atom is -0.480 e. The number of carboxylic acids is 1. The van der Waals surface area contributed by atoms with Crippen LogP contribution in [0.3, 0.4) is 0 Å². The third-order valence-corrected chi connectivity index (χ3v) is 7.64. The lowest BCUT2D eigenvalue weighted by atomic mass is 9.76. The van der Waals surface area contributed by atoms with Crippen LogP contribution in [0.5, 0.6) is 0 Å². The molecule has 3 heterocycles. The van der Waals surface area contributed by atoms with E-state index in [9.17, 15) is 24.3 Å². The zero-order valence-corrected chi connectivity index (χ0v) is 20.5. The predicted octanol–water partition coefficient (Wildman–Crippen LogP) is 4.15. The maximum atomic E-state index is 14.0. The van der Waals surface area contributed by atoms with Gasteiger partial charge in [0.2, 0.25) is 11.8 Å². The van der Waals surface area contributed by atoms with Crippen LogP contribution in [0, 0.1) is 11.8 Å². The zero-order valence-electron chi connectivity index (χ0n) is 20.5. The van der Waals surface area contributed by atoms with Crippen molar-refractivity contribution in [3.05, 3.63) is 102 Å². The number of carbonyl (C=O) groups excluding carboxylic acids is 3. The summed E-state index contributed by atoms with van der Waals surface area (Å²) >= 11 is 0. The molecule has 2 fully saturated rings. The highest BCUT2D eigenvalue weighted by molar-refractivity contribution is 6.24. The number of ketones is 1. The molecule has 190 valence electrons. The molecule has 38 heavy (non-hydrogen) atoms. The highest BCUT2D eigenvalue weighted by Gasteiger charge is 2.69. The van der Waals surface area contributed by atoms with E-state index in [0.29, 0.717) is 22.6 Å². The van der Waals surface area contributed by atoms with Gasteiger partial charge in [-0.25, -0.2) is 4.90 Å². The van der Waals surface area contributed by atoms with E-state index in [1.54, 1.807) is 48.5 Å². The summed E-state index contributed by atoms with van der Waals surface area (Å²) in [6.07, 6.45) is -0.00278. The fraction of sp³-hybridized carbons (Fsp3) is 0.200. The number of amides is 2. The minimum absolute atomic E-state index is 0.00278. The van der Waals surface area contributed by atoms with Crippen molar-refractivity contribution in [1.29, 1.82) is 0 Å². The second-order valence-electron chi connectivity index (χ2n) is 9.87. The molecule has 0 spiro atoms. The van der Waals surface area contributed by atoms with Crippen molar-refractivity contribution in [2.24, 2.45) is 11.8 Å². The monoisotopic (exact) mass is 508 g/mol. The van der Waals surface area contributed by atoms with Gasteiger partial charge < -0.3 is 9.52 Å². The van der Waals surface area contributed by atoms with E-state index in [0.717, 1.165) is 15.8 Å². The summed E-state index contributed by atoms with van der Waals surface area (Å²) in [6.45, 7) is 1.43. The van der Waals surface area contributed by atoms with E-state index in [2.05, 4.69) is 5.32 Å². The van der Waals surface area contributed by atoms with E-state index in [1.165, 1.54) is 19.1 Å². The number of hydrogen-bond donors (Lipinski definition) is 2. The van der Waals surface area contributed by atoms with Crippen LogP contribution < -0.4 is 10.2 Å². The van der Waals surface area contributed by atoms with Gasteiger partial charge in [0.15, 0.2) is 5.78 Å². The Morgan fingerprint density at radius 2 is 1.63 bits per heavy atom. The average Bonchev–Trinajstić information content (AvgIpc) is 3.56. The van der Waals surface area contributed by atoms with Crippen molar-refractivity contribution in [3.8, 4) is 0 Å². The minimum atomic E-state index is -1.75. The molecule has 4 aromatic rings. The van der Waals surface area contributed by atoms with Gasteiger partial charge in [0.05, 0.1) is 23.6 Å². The van der Waals surface area contributed by atoms with Gasteiger partial charge in [0, 0.05) is 17.4 Å². The van der Waals surface area contributed by atoms with Crippen molar-refractivity contribution in [1.82, 2.24) is 5.32 Å². The van der Waals surface area contributed by atoms with Crippen molar-refractivity contribution < 1.29 is 28.7 Å². The maximum Gasteiger partial charge on any atom is 0.325 e.